The third kappa shape index (κ3) is 4.92. The summed E-state index contributed by atoms with van der Waals surface area (Å²) in [7, 11) is 0. The molecule has 0 saturated carbocycles. The second kappa shape index (κ2) is 12.2. The largest absolute Gasteiger partial charge is 0.300 e. The minimum atomic E-state index is 1.21. The Hall–Kier alpha value is -5.96. The van der Waals surface area contributed by atoms with Crippen molar-refractivity contribution in [2.75, 3.05) is 0 Å². The van der Waals surface area contributed by atoms with Crippen LogP contribution < -0.4 is 0 Å². The van der Waals surface area contributed by atoms with Gasteiger partial charge in [0.15, 0.2) is 0 Å². The standard InChI is InChI=1S/C47H33NS/c1-2-3-6-21-35-30-34-22-11-12-23-37(34)41-31-36(28-29-38(35)41)46-44(32-17-7-4-8-18-32)45(33-19-9-5-10-20-33)47(49-46)48-42-26-15-13-24-39(42)40-25-14-16-27-43(40)48/h2-31H,1H3/b3-2-,21-6-. The fraction of sp³-hybridized carbons (Fsp3) is 0.0213. The highest BCUT2D eigenvalue weighted by molar-refractivity contribution is 7.19. The predicted octanol–water partition coefficient (Wildman–Crippen LogP) is 13.7. The molecule has 2 aromatic heterocycles. The van der Waals surface area contributed by atoms with E-state index in [0.29, 0.717) is 0 Å². The predicted molar refractivity (Wildman–Crippen MR) is 214 cm³/mol. The molecule has 0 radical (unpaired) electrons. The van der Waals surface area contributed by atoms with Gasteiger partial charge in [0.25, 0.3) is 0 Å². The third-order valence-corrected chi connectivity index (χ3v) is 10.8. The van der Waals surface area contributed by atoms with Crippen LogP contribution in [0.3, 0.4) is 0 Å². The lowest BCUT2D eigenvalue weighted by Crippen LogP contribution is -1.94. The van der Waals surface area contributed by atoms with Gasteiger partial charge in [-0.1, -0.05) is 158 Å². The molecular weight excluding hydrogens is 611 g/mol. The fourth-order valence-electron chi connectivity index (χ4n) is 7.36. The summed E-state index contributed by atoms with van der Waals surface area (Å²) in [5, 5.41) is 8.80. The van der Waals surface area contributed by atoms with Crippen LogP contribution in [-0.4, -0.2) is 4.57 Å². The molecule has 0 fully saturated rings. The van der Waals surface area contributed by atoms with Crippen LogP contribution in [0.4, 0.5) is 0 Å². The van der Waals surface area contributed by atoms with E-state index >= 15 is 0 Å². The van der Waals surface area contributed by atoms with Crippen LogP contribution in [0.2, 0.25) is 0 Å². The maximum absolute atomic E-state index is 2.49. The molecule has 9 rings (SSSR count). The van der Waals surface area contributed by atoms with Crippen LogP contribution in [0.5, 0.6) is 0 Å². The van der Waals surface area contributed by atoms with Gasteiger partial charge in [-0.05, 0) is 75.0 Å². The number of allylic oxidation sites excluding steroid dienone is 3. The molecule has 0 bridgehead atoms. The SMILES string of the molecule is C/C=C\C=C/c1cc2ccccc2c2cc(-c3sc(-n4c5ccccc5c5ccccc54)c(-c4ccccc4)c3-c3ccccc3)ccc12. The van der Waals surface area contributed by atoms with E-state index in [9.17, 15) is 0 Å². The smallest absolute Gasteiger partial charge is 0.109 e. The summed E-state index contributed by atoms with van der Waals surface area (Å²) in [5.74, 6) is 0. The molecule has 49 heavy (non-hydrogen) atoms. The van der Waals surface area contributed by atoms with E-state index in [1.807, 2.05) is 11.3 Å². The average molecular weight is 644 g/mol. The topological polar surface area (TPSA) is 4.93 Å². The molecule has 0 N–H and O–H groups in total. The van der Waals surface area contributed by atoms with Crippen molar-refractivity contribution in [1.29, 1.82) is 0 Å². The van der Waals surface area contributed by atoms with E-state index in [1.54, 1.807) is 0 Å². The fourth-order valence-corrected chi connectivity index (χ4v) is 8.73. The average Bonchev–Trinajstić information content (AvgIpc) is 3.72. The zero-order valence-corrected chi connectivity index (χ0v) is 28.0. The Morgan fingerprint density at radius 2 is 1.06 bits per heavy atom. The lowest BCUT2D eigenvalue weighted by molar-refractivity contribution is 1.22. The Kier molecular flexibility index (Phi) is 7.30. The first kappa shape index (κ1) is 29.2. The van der Waals surface area contributed by atoms with Crippen molar-refractivity contribution >= 4 is 60.8 Å². The molecule has 2 heteroatoms. The van der Waals surface area contributed by atoms with Gasteiger partial charge in [-0.25, -0.2) is 0 Å². The highest BCUT2D eigenvalue weighted by Gasteiger charge is 2.26. The van der Waals surface area contributed by atoms with E-state index in [-0.39, 0.29) is 0 Å². The number of benzene rings is 7. The van der Waals surface area contributed by atoms with E-state index in [1.165, 1.54) is 86.6 Å². The van der Waals surface area contributed by atoms with Gasteiger partial charge in [-0.2, -0.15) is 0 Å². The molecule has 0 aliphatic carbocycles. The summed E-state index contributed by atoms with van der Waals surface area (Å²) in [6.45, 7) is 2.05. The lowest BCUT2D eigenvalue weighted by Gasteiger charge is -2.13. The number of para-hydroxylation sites is 2. The number of fused-ring (bicyclic) bond motifs is 6. The lowest BCUT2D eigenvalue weighted by atomic mass is 9.91. The number of thiophene rings is 1. The van der Waals surface area contributed by atoms with Crippen LogP contribution >= 0.6 is 11.3 Å². The Morgan fingerprint density at radius 1 is 0.469 bits per heavy atom. The molecule has 1 nitrogen and oxygen atoms in total. The molecule has 0 amide bonds. The molecule has 9 aromatic rings. The Bertz CT molecular complexity index is 2650. The molecule has 0 atom stereocenters. The quantitative estimate of drug-likeness (QED) is 0.125. The molecule has 7 aromatic carbocycles. The number of nitrogens with zero attached hydrogens (tertiary/aromatic N) is 1. The zero-order chi connectivity index (χ0) is 32.7. The number of rotatable bonds is 6. The van der Waals surface area contributed by atoms with Gasteiger partial charge in [-0.15, -0.1) is 11.3 Å². The Morgan fingerprint density at radius 3 is 1.73 bits per heavy atom. The molecular formula is C47H33NS. The van der Waals surface area contributed by atoms with Gasteiger partial charge in [-0.3, -0.25) is 0 Å². The zero-order valence-electron chi connectivity index (χ0n) is 27.2. The summed E-state index contributed by atoms with van der Waals surface area (Å²) in [6, 6.07) is 57.6. The van der Waals surface area contributed by atoms with Crippen molar-refractivity contribution < 1.29 is 0 Å². The maximum atomic E-state index is 2.49. The van der Waals surface area contributed by atoms with E-state index in [2.05, 4.69) is 194 Å². The first-order valence-corrected chi connectivity index (χ1v) is 17.6. The van der Waals surface area contributed by atoms with E-state index < -0.39 is 0 Å². The molecule has 0 aliphatic heterocycles. The maximum Gasteiger partial charge on any atom is 0.109 e. The molecule has 0 spiro atoms. The summed E-state index contributed by atoms with van der Waals surface area (Å²) < 4.78 is 2.49. The summed E-state index contributed by atoms with van der Waals surface area (Å²) in [5.41, 5.74) is 9.83. The molecule has 0 aliphatic rings. The van der Waals surface area contributed by atoms with Gasteiger partial charge in [0.1, 0.15) is 5.00 Å². The van der Waals surface area contributed by atoms with Crippen LogP contribution in [-0.2, 0) is 0 Å². The number of hydrogen-bond donors (Lipinski definition) is 0. The molecule has 0 saturated heterocycles. The molecule has 2 heterocycles. The van der Waals surface area contributed by atoms with E-state index in [4.69, 9.17) is 0 Å². The first-order chi connectivity index (χ1) is 24.3. The van der Waals surface area contributed by atoms with Gasteiger partial charge >= 0.3 is 0 Å². The third-order valence-electron chi connectivity index (χ3n) is 9.53. The minimum Gasteiger partial charge on any atom is -0.300 e. The summed E-state index contributed by atoms with van der Waals surface area (Å²) in [4.78, 5) is 1.27. The normalized spacial score (nSPS) is 12.0. The van der Waals surface area contributed by atoms with Crippen molar-refractivity contribution in [2.24, 2.45) is 0 Å². The first-order valence-electron chi connectivity index (χ1n) is 16.8. The second-order valence-electron chi connectivity index (χ2n) is 12.4. The monoisotopic (exact) mass is 643 g/mol. The molecule has 0 unspecified atom stereocenters. The molecule has 232 valence electrons. The van der Waals surface area contributed by atoms with Crippen molar-refractivity contribution in [3.05, 3.63) is 182 Å². The van der Waals surface area contributed by atoms with Crippen molar-refractivity contribution in [3.63, 3.8) is 0 Å². The van der Waals surface area contributed by atoms with Gasteiger partial charge < -0.3 is 4.57 Å². The van der Waals surface area contributed by atoms with Gasteiger partial charge in [0.2, 0.25) is 0 Å². The van der Waals surface area contributed by atoms with Crippen LogP contribution in [0.1, 0.15) is 12.5 Å². The van der Waals surface area contributed by atoms with Crippen LogP contribution in [0, 0.1) is 0 Å². The van der Waals surface area contributed by atoms with Gasteiger partial charge in [0, 0.05) is 26.8 Å². The minimum absolute atomic E-state index is 1.21. The Labute approximate surface area is 290 Å². The van der Waals surface area contributed by atoms with E-state index in [0.717, 1.165) is 0 Å². The summed E-state index contributed by atoms with van der Waals surface area (Å²) >= 11 is 1.89. The highest BCUT2D eigenvalue weighted by Crippen LogP contribution is 2.52. The Balaban J connectivity index is 1.41. The van der Waals surface area contributed by atoms with Crippen LogP contribution in [0.15, 0.2) is 176 Å². The highest BCUT2D eigenvalue weighted by atomic mass is 32.1. The summed E-state index contributed by atoms with van der Waals surface area (Å²) in [6.07, 6.45) is 8.52. The number of hydrogen-bond acceptors (Lipinski definition) is 1. The van der Waals surface area contributed by atoms with Crippen molar-refractivity contribution in [3.8, 4) is 37.7 Å². The van der Waals surface area contributed by atoms with Crippen LogP contribution in [0.25, 0.3) is 87.1 Å². The number of aromatic nitrogens is 1. The second-order valence-corrected chi connectivity index (χ2v) is 13.4. The van der Waals surface area contributed by atoms with Crippen molar-refractivity contribution in [1.82, 2.24) is 4.57 Å². The van der Waals surface area contributed by atoms with Gasteiger partial charge in [0.05, 0.1) is 11.0 Å². The van der Waals surface area contributed by atoms with Crippen molar-refractivity contribution in [2.45, 2.75) is 6.92 Å².